The number of carbonyl (C=O) groups excluding carboxylic acids is 2. The minimum Gasteiger partial charge on any atom is -0.322 e. The van der Waals surface area contributed by atoms with Gasteiger partial charge in [0, 0.05) is 23.8 Å². The maximum atomic E-state index is 12.3. The fourth-order valence-electron chi connectivity index (χ4n) is 2.14. The molecule has 2 N–H and O–H groups in total. The van der Waals surface area contributed by atoms with Crippen molar-refractivity contribution in [2.75, 3.05) is 10.6 Å². The van der Waals surface area contributed by atoms with Crippen molar-refractivity contribution in [3.05, 3.63) is 90.3 Å². The van der Waals surface area contributed by atoms with Gasteiger partial charge in [0.15, 0.2) is 0 Å². The molecule has 3 aromatic rings. The number of hydrogen-bond donors (Lipinski definition) is 2. The summed E-state index contributed by atoms with van der Waals surface area (Å²) in [6.07, 6.45) is 2.86. The number of nitrogens with zero attached hydrogens (tertiary/aromatic N) is 1. The molecule has 0 saturated carbocycles. The molecule has 0 atom stereocenters. The van der Waals surface area contributed by atoms with Gasteiger partial charge >= 0.3 is 0 Å². The Morgan fingerprint density at radius 3 is 1.50 bits per heavy atom. The summed E-state index contributed by atoms with van der Waals surface area (Å²) >= 11 is 0. The molecule has 0 unspecified atom stereocenters. The minimum absolute atomic E-state index is 0.317. The van der Waals surface area contributed by atoms with Crippen LogP contribution in [0.5, 0.6) is 0 Å². The third kappa shape index (κ3) is 3.84. The van der Waals surface area contributed by atoms with E-state index in [1.54, 1.807) is 24.3 Å². The first kappa shape index (κ1) is 15.4. The van der Waals surface area contributed by atoms with Crippen molar-refractivity contribution in [1.29, 1.82) is 0 Å². The van der Waals surface area contributed by atoms with Crippen molar-refractivity contribution in [2.45, 2.75) is 0 Å². The zero-order valence-corrected chi connectivity index (χ0v) is 12.8. The zero-order chi connectivity index (χ0) is 16.8. The lowest BCUT2D eigenvalue weighted by Crippen LogP contribution is -2.16. The van der Waals surface area contributed by atoms with E-state index in [4.69, 9.17) is 0 Å². The normalized spacial score (nSPS) is 10.0. The molecule has 0 aliphatic rings. The number of anilines is 2. The summed E-state index contributed by atoms with van der Waals surface area (Å²) in [7, 11) is 0. The molecule has 0 saturated heterocycles. The van der Waals surface area contributed by atoms with Gasteiger partial charge in [0.05, 0.1) is 11.1 Å². The molecule has 5 heteroatoms. The number of pyridine rings is 1. The molecule has 0 spiro atoms. The quantitative estimate of drug-likeness (QED) is 0.772. The summed E-state index contributed by atoms with van der Waals surface area (Å²) in [5.74, 6) is -0.633. The second-order valence-corrected chi connectivity index (χ2v) is 5.10. The van der Waals surface area contributed by atoms with Crippen molar-refractivity contribution in [2.24, 2.45) is 0 Å². The molecular weight excluding hydrogens is 302 g/mol. The van der Waals surface area contributed by atoms with E-state index < -0.39 is 0 Å². The average Bonchev–Trinajstić information content (AvgIpc) is 2.63. The topological polar surface area (TPSA) is 71.1 Å². The zero-order valence-electron chi connectivity index (χ0n) is 12.8. The summed E-state index contributed by atoms with van der Waals surface area (Å²) in [6.45, 7) is 0. The highest BCUT2D eigenvalue weighted by molar-refractivity contribution is 6.08. The fraction of sp³-hybridized carbons (Fsp3) is 0. The number of amides is 2. The van der Waals surface area contributed by atoms with Gasteiger partial charge < -0.3 is 10.6 Å². The van der Waals surface area contributed by atoms with Crippen LogP contribution in [0.2, 0.25) is 0 Å². The van der Waals surface area contributed by atoms with Crippen LogP contribution >= 0.6 is 0 Å². The number of carbonyl (C=O) groups is 2. The van der Waals surface area contributed by atoms with Gasteiger partial charge in [-0.1, -0.05) is 36.4 Å². The first-order valence-corrected chi connectivity index (χ1v) is 7.40. The second-order valence-electron chi connectivity index (χ2n) is 5.10. The Morgan fingerprint density at radius 1 is 0.667 bits per heavy atom. The van der Waals surface area contributed by atoms with Crippen molar-refractivity contribution < 1.29 is 9.59 Å². The average molecular weight is 317 g/mol. The number of aromatic nitrogens is 1. The highest BCUT2D eigenvalue weighted by Crippen LogP contribution is 2.11. The van der Waals surface area contributed by atoms with Crippen LogP contribution in [0.25, 0.3) is 0 Å². The van der Waals surface area contributed by atoms with Gasteiger partial charge in [-0.25, -0.2) is 0 Å². The summed E-state index contributed by atoms with van der Waals surface area (Å²) < 4.78 is 0. The molecule has 1 heterocycles. The van der Waals surface area contributed by atoms with Crippen LogP contribution in [-0.2, 0) is 0 Å². The van der Waals surface area contributed by atoms with Gasteiger partial charge in [-0.3, -0.25) is 14.6 Å². The van der Waals surface area contributed by atoms with E-state index in [0.717, 1.165) is 0 Å². The molecule has 0 aliphatic carbocycles. The van der Waals surface area contributed by atoms with E-state index >= 15 is 0 Å². The summed E-state index contributed by atoms with van der Waals surface area (Å²) in [5, 5.41) is 5.53. The van der Waals surface area contributed by atoms with Gasteiger partial charge in [-0.15, -0.1) is 0 Å². The molecule has 0 aliphatic heterocycles. The predicted octanol–water partition coefficient (Wildman–Crippen LogP) is 3.59. The molecule has 1 aromatic heterocycles. The van der Waals surface area contributed by atoms with E-state index in [0.29, 0.717) is 22.5 Å². The summed E-state index contributed by atoms with van der Waals surface area (Å²) in [6, 6.07) is 19.7. The largest absolute Gasteiger partial charge is 0.322 e. The number of hydrogen-bond acceptors (Lipinski definition) is 3. The maximum absolute atomic E-state index is 12.3. The van der Waals surface area contributed by atoms with Crippen LogP contribution in [-0.4, -0.2) is 16.8 Å². The highest BCUT2D eigenvalue weighted by Gasteiger charge is 2.12. The van der Waals surface area contributed by atoms with Crippen molar-refractivity contribution >= 4 is 23.2 Å². The summed E-state index contributed by atoms with van der Waals surface area (Å²) in [4.78, 5) is 28.5. The van der Waals surface area contributed by atoms with E-state index in [2.05, 4.69) is 15.6 Å². The van der Waals surface area contributed by atoms with Crippen LogP contribution in [0.15, 0.2) is 79.1 Å². The molecule has 118 valence electrons. The molecule has 0 bridgehead atoms. The van der Waals surface area contributed by atoms with Crippen LogP contribution < -0.4 is 10.6 Å². The van der Waals surface area contributed by atoms with E-state index in [9.17, 15) is 9.59 Å². The Labute approximate surface area is 139 Å². The van der Waals surface area contributed by atoms with Crippen molar-refractivity contribution in [3.63, 3.8) is 0 Å². The van der Waals surface area contributed by atoms with Gasteiger partial charge in [-0.2, -0.15) is 0 Å². The molecule has 0 radical (unpaired) electrons. The Bertz CT molecular complexity index is 780. The van der Waals surface area contributed by atoms with Crippen molar-refractivity contribution in [3.8, 4) is 0 Å². The number of para-hydroxylation sites is 2. The van der Waals surface area contributed by atoms with Crippen LogP contribution in [0.4, 0.5) is 11.4 Å². The number of benzene rings is 2. The van der Waals surface area contributed by atoms with E-state index in [-0.39, 0.29) is 11.8 Å². The predicted molar refractivity (Wildman–Crippen MR) is 93.0 cm³/mol. The molecule has 5 nitrogen and oxygen atoms in total. The minimum atomic E-state index is -0.317. The van der Waals surface area contributed by atoms with Gasteiger partial charge in [0.2, 0.25) is 0 Å². The SMILES string of the molecule is O=C(Nc1ccccc1)c1cncc(C(=O)Nc2ccccc2)c1. The van der Waals surface area contributed by atoms with Crippen LogP contribution in [0.1, 0.15) is 20.7 Å². The molecule has 0 fully saturated rings. The Balaban J connectivity index is 1.74. The molecule has 3 rings (SSSR count). The first-order valence-electron chi connectivity index (χ1n) is 7.40. The molecular formula is C19H15N3O2. The third-order valence-electron chi connectivity index (χ3n) is 3.33. The maximum Gasteiger partial charge on any atom is 0.257 e. The van der Waals surface area contributed by atoms with Crippen LogP contribution in [0, 0.1) is 0 Å². The van der Waals surface area contributed by atoms with Gasteiger partial charge in [0.25, 0.3) is 11.8 Å². The lowest BCUT2D eigenvalue weighted by molar-refractivity contribution is 0.102. The van der Waals surface area contributed by atoms with E-state index in [1.807, 2.05) is 36.4 Å². The number of rotatable bonds is 4. The second kappa shape index (κ2) is 7.19. The standard InChI is InChI=1S/C19H15N3O2/c23-18(21-16-7-3-1-4-8-16)14-11-15(13-20-12-14)19(24)22-17-9-5-2-6-10-17/h1-13H,(H,21,23)(H,22,24). The number of nitrogens with one attached hydrogen (secondary N) is 2. The van der Waals surface area contributed by atoms with Gasteiger partial charge in [-0.05, 0) is 30.3 Å². The molecule has 2 amide bonds. The lowest BCUT2D eigenvalue weighted by atomic mass is 10.1. The third-order valence-corrected chi connectivity index (χ3v) is 3.33. The Morgan fingerprint density at radius 2 is 1.08 bits per heavy atom. The van der Waals surface area contributed by atoms with Gasteiger partial charge in [0.1, 0.15) is 0 Å². The van der Waals surface area contributed by atoms with Crippen molar-refractivity contribution in [1.82, 2.24) is 4.98 Å². The Kier molecular flexibility index (Phi) is 4.62. The smallest absolute Gasteiger partial charge is 0.257 e. The lowest BCUT2D eigenvalue weighted by Gasteiger charge is -2.07. The van der Waals surface area contributed by atoms with Crippen LogP contribution in [0.3, 0.4) is 0 Å². The monoisotopic (exact) mass is 317 g/mol. The fourth-order valence-corrected chi connectivity index (χ4v) is 2.14. The summed E-state index contributed by atoms with van der Waals surface area (Å²) in [5.41, 5.74) is 2.00. The molecule has 24 heavy (non-hydrogen) atoms. The molecule has 2 aromatic carbocycles. The first-order chi connectivity index (χ1) is 11.7. The highest BCUT2D eigenvalue weighted by atomic mass is 16.2. The van der Waals surface area contributed by atoms with E-state index in [1.165, 1.54) is 18.5 Å². The Hall–Kier alpha value is -3.47.